The van der Waals surface area contributed by atoms with Crippen LogP contribution in [0.3, 0.4) is 0 Å². The smallest absolute Gasteiger partial charge is 0.130 e. The lowest BCUT2D eigenvalue weighted by atomic mass is 10.1. The normalized spacial score (nSPS) is 12.6. The fourth-order valence-corrected chi connectivity index (χ4v) is 2.94. The number of aromatic nitrogens is 1. The van der Waals surface area contributed by atoms with Crippen molar-refractivity contribution in [2.75, 3.05) is 11.9 Å². The Morgan fingerprint density at radius 1 is 1.25 bits per heavy atom. The lowest BCUT2D eigenvalue weighted by molar-refractivity contribution is 0.905. The number of hydrogen-bond donors (Lipinski definition) is 1. The van der Waals surface area contributed by atoms with Crippen molar-refractivity contribution < 1.29 is 0 Å². The zero-order valence-corrected chi connectivity index (χ0v) is 13.5. The van der Waals surface area contributed by atoms with Crippen molar-refractivity contribution in [2.24, 2.45) is 0 Å². The van der Waals surface area contributed by atoms with Gasteiger partial charge in [0.05, 0.1) is 5.52 Å². The Balaban J connectivity index is 2.27. The number of benzene rings is 1. The predicted molar refractivity (Wildman–Crippen MR) is 91.6 cm³/mol. The summed E-state index contributed by atoms with van der Waals surface area (Å²) in [5, 5.41) is 5.40. The van der Waals surface area contributed by atoms with Crippen LogP contribution >= 0.6 is 11.8 Å². The van der Waals surface area contributed by atoms with Crippen LogP contribution in [0.25, 0.3) is 10.9 Å². The summed E-state index contributed by atoms with van der Waals surface area (Å²) in [5.41, 5.74) is 2.39. The van der Waals surface area contributed by atoms with E-state index < -0.39 is 0 Å². The minimum Gasteiger partial charge on any atom is -0.370 e. The molecule has 0 bridgehead atoms. The Morgan fingerprint density at radius 2 is 2.05 bits per heavy atom. The minimum absolute atomic E-state index is 0.695. The van der Waals surface area contributed by atoms with Crippen molar-refractivity contribution in [2.45, 2.75) is 44.6 Å². The fraction of sp³-hybridized carbons (Fsp3) is 0.471. The fourth-order valence-electron chi connectivity index (χ4n) is 2.02. The molecule has 1 aromatic carbocycles. The highest BCUT2D eigenvalue weighted by atomic mass is 32.2. The predicted octanol–water partition coefficient (Wildman–Crippen LogP) is 5.09. The molecular weight excluding hydrogens is 264 g/mol. The standard InChI is InChI=1S/C17H24N2S/c1-4-10-18-17-15(12-20-13(3)5-2)11-14-8-6-7-9-16(14)19-17/h6-9,11,13H,4-5,10,12H2,1-3H3,(H,18,19). The number of para-hydroxylation sites is 1. The van der Waals surface area contributed by atoms with E-state index in [-0.39, 0.29) is 0 Å². The third kappa shape index (κ3) is 3.89. The zero-order valence-electron chi connectivity index (χ0n) is 12.6. The van der Waals surface area contributed by atoms with Gasteiger partial charge in [-0.15, -0.1) is 0 Å². The average Bonchev–Trinajstić information content (AvgIpc) is 2.49. The third-order valence-electron chi connectivity index (χ3n) is 3.44. The van der Waals surface area contributed by atoms with Crippen LogP contribution in [0.5, 0.6) is 0 Å². The van der Waals surface area contributed by atoms with Gasteiger partial charge in [-0.25, -0.2) is 4.98 Å². The Hall–Kier alpha value is -1.22. The SMILES string of the molecule is CCCNc1nc2ccccc2cc1CSC(C)CC. The maximum atomic E-state index is 4.79. The van der Waals surface area contributed by atoms with Crippen molar-refractivity contribution in [1.82, 2.24) is 4.98 Å². The number of hydrogen-bond acceptors (Lipinski definition) is 3. The molecule has 108 valence electrons. The minimum atomic E-state index is 0.695. The van der Waals surface area contributed by atoms with E-state index in [1.54, 1.807) is 0 Å². The van der Waals surface area contributed by atoms with Crippen LogP contribution in [-0.2, 0) is 5.75 Å². The first-order valence-electron chi connectivity index (χ1n) is 7.48. The van der Waals surface area contributed by atoms with Gasteiger partial charge in [-0.05, 0) is 25.0 Å². The van der Waals surface area contributed by atoms with Gasteiger partial charge in [0.15, 0.2) is 0 Å². The topological polar surface area (TPSA) is 24.9 Å². The quantitative estimate of drug-likeness (QED) is 0.768. The zero-order chi connectivity index (χ0) is 14.4. The second-order valence-electron chi connectivity index (χ2n) is 5.15. The number of thioether (sulfide) groups is 1. The number of nitrogens with one attached hydrogen (secondary N) is 1. The molecule has 0 saturated carbocycles. The molecule has 2 nitrogen and oxygen atoms in total. The van der Waals surface area contributed by atoms with Gasteiger partial charge in [-0.3, -0.25) is 0 Å². The molecule has 0 fully saturated rings. The highest BCUT2D eigenvalue weighted by Gasteiger charge is 2.08. The molecular formula is C17H24N2S. The molecule has 0 aliphatic rings. The highest BCUT2D eigenvalue weighted by Crippen LogP contribution is 2.27. The maximum Gasteiger partial charge on any atom is 0.130 e. The summed E-state index contributed by atoms with van der Waals surface area (Å²) in [5.74, 6) is 2.08. The first-order chi connectivity index (χ1) is 9.74. The van der Waals surface area contributed by atoms with Crippen LogP contribution in [0.2, 0.25) is 0 Å². The summed E-state index contributed by atoms with van der Waals surface area (Å²) >= 11 is 2.01. The van der Waals surface area contributed by atoms with Crippen molar-refractivity contribution in [3.05, 3.63) is 35.9 Å². The van der Waals surface area contributed by atoms with Gasteiger partial charge in [0.25, 0.3) is 0 Å². The lowest BCUT2D eigenvalue weighted by Crippen LogP contribution is -2.06. The summed E-state index contributed by atoms with van der Waals surface area (Å²) in [7, 11) is 0. The highest BCUT2D eigenvalue weighted by molar-refractivity contribution is 7.99. The van der Waals surface area contributed by atoms with E-state index in [2.05, 4.69) is 50.4 Å². The molecule has 0 saturated heterocycles. The van der Waals surface area contributed by atoms with Gasteiger partial charge in [0.1, 0.15) is 5.82 Å². The van der Waals surface area contributed by atoms with Crippen LogP contribution in [0, 0.1) is 0 Å². The summed E-state index contributed by atoms with van der Waals surface area (Å²) in [6.07, 6.45) is 2.33. The Labute approximate surface area is 126 Å². The van der Waals surface area contributed by atoms with E-state index in [9.17, 15) is 0 Å². The first-order valence-corrected chi connectivity index (χ1v) is 8.53. The van der Waals surface area contributed by atoms with Gasteiger partial charge in [-0.1, -0.05) is 39.0 Å². The molecule has 2 rings (SSSR count). The largest absolute Gasteiger partial charge is 0.370 e. The van der Waals surface area contributed by atoms with Crippen LogP contribution in [0.4, 0.5) is 5.82 Å². The van der Waals surface area contributed by atoms with E-state index >= 15 is 0 Å². The molecule has 0 aliphatic carbocycles. The molecule has 20 heavy (non-hydrogen) atoms. The van der Waals surface area contributed by atoms with Crippen molar-refractivity contribution in [1.29, 1.82) is 0 Å². The molecule has 0 amide bonds. The number of rotatable bonds is 7. The third-order valence-corrected chi connectivity index (χ3v) is 4.82. The van der Waals surface area contributed by atoms with Crippen molar-refractivity contribution >= 4 is 28.5 Å². The van der Waals surface area contributed by atoms with Gasteiger partial charge in [0, 0.05) is 28.5 Å². The van der Waals surface area contributed by atoms with Gasteiger partial charge >= 0.3 is 0 Å². The summed E-state index contributed by atoms with van der Waals surface area (Å²) in [6, 6.07) is 10.6. The van der Waals surface area contributed by atoms with E-state index in [1.165, 1.54) is 17.4 Å². The molecule has 0 aliphatic heterocycles. The molecule has 1 atom stereocenters. The average molecular weight is 288 g/mol. The summed E-state index contributed by atoms with van der Waals surface area (Å²) in [4.78, 5) is 4.79. The molecule has 3 heteroatoms. The maximum absolute atomic E-state index is 4.79. The molecule has 0 spiro atoms. The van der Waals surface area contributed by atoms with E-state index in [0.29, 0.717) is 5.25 Å². The lowest BCUT2D eigenvalue weighted by Gasteiger charge is -2.14. The second kappa shape index (κ2) is 7.53. The van der Waals surface area contributed by atoms with Crippen LogP contribution in [0.1, 0.15) is 39.2 Å². The molecule has 1 unspecified atom stereocenters. The van der Waals surface area contributed by atoms with Crippen molar-refractivity contribution in [3.8, 4) is 0 Å². The van der Waals surface area contributed by atoms with Gasteiger partial charge in [0.2, 0.25) is 0 Å². The van der Waals surface area contributed by atoms with Crippen LogP contribution in [-0.4, -0.2) is 16.8 Å². The molecule has 2 aromatic rings. The van der Waals surface area contributed by atoms with E-state index in [0.717, 1.165) is 30.1 Å². The Bertz CT molecular complexity index is 554. The molecule has 1 N–H and O–H groups in total. The van der Waals surface area contributed by atoms with Crippen molar-refractivity contribution in [3.63, 3.8) is 0 Å². The summed E-state index contributed by atoms with van der Waals surface area (Å²) < 4.78 is 0. The Kier molecular flexibility index (Phi) is 5.72. The Morgan fingerprint density at radius 3 is 2.80 bits per heavy atom. The summed E-state index contributed by atoms with van der Waals surface area (Å²) in [6.45, 7) is 7.69. The molecule has 0 radical (unpaired) electrons. The first kappa shape index (κ1) is 15.2. The van der Waals surface area contributed by atoms with Crippen LogP contribution < -0.4 is 5.32 Å². The number of fused-ring (bicyclic) bond motifs is 1. The number of nitrogens with zero attached hydrogens (tertiary/aromatic N) is 1. The molecule has 1 heterocycles. The van der Waals surface area contributed by atoms with E-state index in [1.807, 2.05) is 17.8 Å². The van der Waals surface area contributed by atoms with Crippen LogP contribution in [0.15, 0.2) is 30.3 Å². The number of anilines is 1. The van der Waals surface area contributed by atoms with E-state index in [4.69, 9.17) is 4.98 Å². The van der Waals surface area contributed by atoms with Gasteiger partial charge < -0.3 is 5.32 Å². The monoisotopic (exact) mass is 288 g/mol. The van der Waals surface area contributed by atoms with Gasteiger partial charge in [-0.2, -0.15) is 11.8 Å². The number of pyridine rings is 1. The second-order valence-corrected chi connectivity index (χ2v) is 6.57. The molecule has 1 aromatic heterocycles.